The summed E-state index contributed by atoms with van der Waals surface area (Å²) in [7, 11) is 0. The van der Waals surface area contributed by atoms with E-state index in [9.17, 15) is 21.0 Å². The third kappa shape index (κ3) is 4.27. The molecule has 0 unspecified atom stereocenters. The molecule has 222 valence electrons. The molecule has 48 heavy (non-hydrogen) atoms. The largest absolute Gasteiger partial charge is 0.453 e. The van der Waals surface area contributed by atoms with Gasteiger partial charge in [-0.3, -0.25) is 0 Å². The molecule has 8 heteroatoms. The van der Waals surface area contributed by atoms with Gasteiger partial charge in [0.25, 0.3) is 0 Å². The van der Waals surface area contributed by atoms with Crippen LogP contribution in [0.4, 0.5) is 34.1 Å². The Bertz CT molecular complexity index is 2160. The predicted octanol–water partition coefficient (Wildman–Crippen LogP) is 9.99. The van der Waals surface area contributed by atoms with Gasteiger partial charge in [-0.1, -0.05) is 48.5 Å². The topological polar surface area (TPSA) is 120 Å². The van der Waals surface area contributed by atoms with Gasteiger partial charge >= 0.3 is 0 Å². The number of hydrogen-bond donors (Lipinski definition) is 0. The van der Waals surface area contributed by atoms with Gasteiger partial charge in [-0.05, 0) is 72.8 Å². The number of fused-ring (bicyclic) bond motifs is 4. The molecule has 8 rings (SSSR count). The van der Waals surface area contributed by atoms with Crippen molar-refractivity contribution in [2.24, 2.45) is 0 Å². The maximum Gasteiger partial charge on any atom is 0.151 e. The number of ether oxygens (including phenoxy) is 2. The lowest BCUT2D eigenvalue weighted by molar-refractivity contribution is 0.476. The summed E-state index contributed by atoms with van der Waals surface area (Å²) in [4.78, 5) is 3.87. The van der Waals surface area contributed by atoms with Crippen molar-refractivity contribution in [1.82, 2.24) is 0 Å². The first-order chi connectivity index (χ1) is 23.6. The van der Waals surface area contributed by atoms with Crippen molar-refractivity contribution in [3.05, 3.63) is 144 Å². The summed E-state index contributed by atoms with van der Waals surface area (Å²) in [5, 5.41) is 42.1. The number of nitrogens with zero attached hydrogens (tertiary/aromatic N) is 6. The fourth-order valence-electron chi connectivity index (χ4n) is 6.37. The Kier molecular flexibility index (Phi) is 6.49. The van der Waals surface area contributed by atoms with Crippen LogP contribution in [0.1, 0.15) is 22.3 Å². The van der Waals surface area contributed by atoms with Crippen LogP contribution in [0, 0.1) is 45.3 Å². The molecule has 0 aliphatic carbocycles. The van der Waals surface area contributed by atoms with Crippen LogP contribution in [0.5, 0.6) is 23.0 Å². The minimum absolute atomic E-state index is 0.147. The molecule has 0 atom stereocenters. The molecule has 0 radical (unpaired) electrons. The first-order valence-electron chi connectivity index (χ1n) is 14.9. The minimum atomic E-state index is 0.147. The van der Waals surface area contributed by atoms with E-state index in [-0.39, 0.29) is 33.4 Å². The monoisotopic (exact) mass is 616 g/mol. The van der Waals surface area contributed by atoms with Gasteiger partial charge in [0, 0.05) is 22.5 Å². The Morgan fingerprint density at radius 2 is 0.625 bits per heavy atom. The van der Waals surface area contributed by atoms with Gasteiger partial charge in [-0.2, -0.15) is 21.0 Å². The molecule has 0 bridgehead atoms. The lowest BCUT2D eigenvalue weighted by atomic mass is 9.87. The number of nitriles is 4. The third-order valence-electron chi connectivity index (χ3n) is 8.36. The van der Waals surface area contributed by atoms with Crippen molar-refractivity contribution in [1.29, 1.82) is 21.0 Å². The number of benzene rings is 6. The zero-order valence-electron chi connectivity index (χ0n) is 25.0. The molecule has 6 aromatic carbocycles. The molecule has 0 saturated carbocycles. The summed E-state index contributed by atoms with van der Waals surface area (Å²) in [5.74, 6) is 2.49. The van der Waals surface area contributed by atoms with Crippen molar-refractivity contribution in [3.8, 4) is 58.4 Å². The highest BCUT2D eigenvalue weighted by Gasteiger charge is 2.30. The smallest absolute Gasteiger partial charge is 0.151 e. The van der Waals surface area contributed by atoms with Gasteiger partial charge in [0.15, 0.2) is 23.0 Å². The van der Waals surface area contributed by atoms with E-state index in [0.29, 0.717) is 34.4 Å². The summed E-state index contributed by atoms with van der Waals surface area (Å²) in [6, 6.07) is 45.8. The number of rotatable bonds is 3. The van der Waals surface area contributed by atoms with Crippen LogP contribution < -0.4 is 19.3 Å². The SMILES string of the molecule is N#Cc1cc(N2c3ccccc3Oc3ccccc32)cc(C#N)c1-c1c(C#N)cc(N2c3ccccc3Oc3ccccc32)cc1C#N. The van der Waals surface area contributed by atoms with Crippen LogP contribution in [-0.2, 0) is 0 Å². The van der Waals surface area contributed by atoms with E-state index in [2.05, 4.69) is 24.3 Å². The second-order valence-electron chi connectivity index (χ2n) is 11.0. The molecular formula is C40H20N6O2. The van der Waals surface area contributed by atoms with E-state index in [1.807, 2.05) is 107 Å². The average molecular weight is 617 g/mol. The summed E-state index contributed by atoms with van der Waals surface area (Å²) in [5.41, 5.74) is 5.11. The van der Waals surface area contributed by atoms with E-state index in [0.717, 1.165) is 22.7 Å². The second kappa shape index (κ2) is 11.1. The molecule has 0 amide bonds. The van der Waals surface area contributed by atoms with E-state index >= 15 is 0 Å². The Hall–Kier alpha value is -7.52. The van der Waals surface area contributed by atoms with E-state index in [1.165, 1.54) is 0 Å². The summed E-state index contributed by atoms with van der Waals surface area (Å²) < 4.78 is 12.3. The molecule has 8 nitrogen and oxygen atoms in total. The van der Waals surface area contributed by atoms with Crippen molar-refractivity contribution in [2.75, 3.05) is 9.80 Å². The van der Waals surface area contributed by atoms with Crippen LogP contribution in [-0.4, -0.2) is 0 Å². The van der Waals surface area contributed by atoms with Crippen molar-refractivity contribution in [3.63, 3.8) is 0 Å². The molecule has 0 N–H and O–H groups in total. The number of para-hydroxylation sites is 8. The maximum absolute atomic E-state index is 10.5. The zero-order valence-corrected chi connectivity index (χ0v) is 25.0. The fraction of sp³-hybridized carbons (Fsp3) is 0. The van der Waals surface area contributed by atoms with Crippen LogP contribution in [0.3, 0.4) is 0 Å². The lowest BCUT2D eigenvalue weighted by Gasteiger charge is -2.33. The van der Waals surface area contributed by atoms with E-state index < -0.39 is 0 Å². The first kappa shape index (κ1) is 28.0. The molecule has 0 aromatic heterocycles. The van der Waals surface area contributed by atoms with Gasteiger partial charge in [0.2, 0.25) is 0 Å². The Labute approximate surface area is 275 Å². The van der Waals surface area contributed by atoms with Gasteiger partial charge < -0.3 is 19.3 Å². The van der Waals surface area contributed by atoms with E-state index in [4.69, 9.17) is 9.47 Å². The molecule has 2 aliphatic rings. The average Bonchev–Trinajstić information content (AvgIpc) is 3.14. The summed E-state index contributed by atoms with van der Waals surface area (Å²) >= 11 is 0. The minimum Gasteiger partial charge on any atom is -0.453 e. The van der Waals surface area contributed by atoms with Crippen molar-refractivity contribution in [2.45, 2.75) is 0 Å². The quantitative estimate of drug-likeness (QED) is 0.192. The summed E-state index contributed by atoms with van der Waals surface area (Å²) in [6.45, 7) is 0. The highest BCUT2D eigenvalue weighted by Crippen LogP contribution is 2.53. The fourth-order valence-corrected chi connectivity index (χ4v) is 6.37. The standard InChI is InChI=1S/C40H20N6O2/c41-21-25-17-29(45-31-9-1-5-13-35(31)47-36-14-6-2-10-32(36)45)18-26(22-42)39(25)40-27(23-43)19-30(20-28(40)24-44)46-33-11-3-7-15-37(33)48-38-16-8-4-12-34(38)46/h1-20H. The molecule has 2 heterocycles. The van der Waals surface area contributed by atoms with Crippen LogP contribution in [0.25, 0.3) is 11.1 Å². The molecule has 6 aromatic rings. The second-order valence-corrected chi connectivity index (χ2v) is 11.0. The van der Waals surface area contributed by atoms with Gasteiger partial charge in [0.1, 0.15) is 0 Å². The third-order valence-corrected chi connectivity index (χ3v) is 8.36. The van der Waals surface area contributed by atoms with Gasteiger partial charge in [-0.25, -0.2) is 0 Å². The Morgan fingerprint density at radius 1 is 0.375 bits per heavy atom. The Balaban J connectivity index is 1.33. The highest BCUT2D eigenvalue weighted by molar-refractivity contribution is 5.94. The first-order valence-corrected chi connectivity index (χ1v) is 14.9. The molecule has 0 spiro atoms. The number of anilines is 6. The molecule has 2 aliphatic heterocycles. The van der Waals surface area contributed by atoms with Crippen LogP contribution >= 0.6 is 0 Å². The van der Waals surface area contributed by atoms with Crippen molar-refractivity contribution < 1.29 is 9.47 Å². The Morgan fingerprint density at radius 3 is 0.875 bits per heavy atom. The van der Waals surface area contributed by atoms with Crippen LogP contribution in [0.2, 0.25) is 0 Å². The van der Waals surface area contributed by atoms with Crippen molar-refractivity contribution >= 4 is 34.1 Å². The predicted molar refractivity (Wildman–Crippen MR) is 180 cm³/mol. The summed E-state index contributed by atoms with van der Waals surface area (Å²) in [6.07, 6.45) is 0. The van der Waals surface area contributed by atoms with E-state index in [1.54, 1.807) is 24.3 Å². The zero-order chi connectivity index (χ0) is 32.8. The number of hydrogen-bond acceptors (Lipinski definition) is 8. The van der Waals surface area contributed by atoms with Gasteiger partial charge in [0.05, 0.1) is 69.3 Å². The molecule has 0 fully saturated rings. The lowest BCUT2D eigenvalue weighted by Crippen LogP contribution is -2.17. The highest BCUT2D eigenvalue weighted by atomic mass is 16.5. The normalized spacial score (nSPS) is 11.9. The van der Waals surface area contributed by atoms with Gasteiger partial charge in [-0.15, -0.1) is 0 Å². The molecular weight excluding hydrogens is 596 g/mol. The maximum atomic E-state index is 10.5. The van der Waals surface area contributed by atoms with Crippen LogP contribution in [0.15, 0.2) is 121 Å². The molecule has 0 saturated heterocycles.